The number of aromatic nitrogens is 2. The summed E-state index contributed by atoms with van der Waals surface area (Å²) in [5.74, 6) is 1.37. The van der Waals surface area contributed by atoms with Crippen molar-refractivity contribution in [3.63, 3.8) is 0 Å². The first-order chi connectivity index (χ1) is 9.41. The molecular formula is C16H23N3O. The molecule has 0 spiro atoms. The molecule has 0 fully saturated rings. The molecule has 1 aromatic carbocycles. The van der Waals surface area contributed by atoms with Crippen molar-refractivity contribution in [3.05, 3.63) is 47.2 Å². The van der Waals surface area contributed by atoms with Gasteiger partial charge in [0.2, 0.25) is 11.8 Å². The number of aryl methyl sites for hydroxylation is 1. The lowest BCUT2D eigenvalue weighted by atomic mass is 9.96. The van der Waals surface area contributed by atoms with Crippen molar-refractivity contribution in [2.45, 2.75) is 45.4 Å². The van der Waals surface area contributed by atoms with Gasteiger partial charge in [-0.15, -0.1) is 10.2 Å². The summed E-state index contributed by atoms with van der Waals surface area (Å²) in [6, 6.07) is 8.32. The van der Waals surface area contributed by atoms with Crippen LogP contribution in [0.1, 0.15) is 49.6 Å². The molecule has 1 heterocycles. The average molecular weight is 273 g/mol. The van der Waals surface area contributed by atoms with Crippen molar-refractivity contribution in [3.8, 4) is 0 Å². The van der Waals surface area contributed by atoms with Gasteiger partial charge in [0.1, 0.15) is 0 Å². The zero-order chi connectivity index (χ0) is 14.8. The van der Waals surface area contributed by atoms with Crippen LogP contribution >= 0.6 is 0 Å². The minimum absolute atomic E-state index is 0.0692. The number of hydrogen-bond donors (Lipinski definition) is 1. The summed E-state index contributed by atoms with van der Waals surface area (Å²) < 4.78 is 5.81. The molecule has 108 valence electrons. The molecule has 2 rings (SSSR count). The summed E-state index contributed by atoms with van der Waals surface area (Å²) in [4.78, 5) is 0. The summed E-state index contributed by atoms with van der Waals surface area (Å²) in [5.41, 5.74) is 8.30. The van der Waals surface area contributed by atoms with Crippen molar-refractivity contribution >= 4 is 0 Å². The van der Waals surface area contributed by atoms with Crippen LogP contribution < -0.4 is 5.73 Å². The topological polar surface area (TPSA) is 64.9 Å². The van der Waals surface area contributed by atoms with Crippen molar-refractivity contribution in [1.82, 2.24) is 10.2 Å². The van der Waals surface area contributed by atoms with E-state index in [4.69, 9.17) is 10.2 Å². The van der Waals surface area contributed by atoms with Gasteiger partial charge in [-0.2, -0.15) is 0 Å². The Kier molecular flexibility index (Phi) is 4.23. The van der Waals surface area contributed by atoms with Gasteiger partial charge in [-0.3, -0.25) is 0 Å². The Morgan fingerprint density at radius 2 is 1.90 bits per heavy atom. The van der Waals surface area contributed by atoms with Crippen LogP contribution in [0.25, 0.3) is 0 Å². The maximum absolute atomic E-state index is 5.89. The van der Waals surface area contributed by atoms with Crippen LogP contribution in [0, 0.1) is 6.92 Å². The quantitative estimate of drug-likeness (QED) is 0.930. The molecule has 0 aliphatic rings. The van der Waals surface area contributed by atoms with Crippen molar-refractivity contribution in [2.24, 2.45) is 5.73 Å². The Labute approximate surface area is 120 Å². The number of benzene rings is 1. The molecule has 0 saturated heterocycles. The van der Waals surface area contributed by atoms with Gasteiger partial charge in [0, 0.05) is 12.0 Å². The summed E-state index contributed by atoms with van der Waals surface area (Å²) in [5, 5.41) is 8.33. The van der Waals surface area contributed by atoms with E-state index in [2.05, 4.69) is 50.0 Å². The molecule has 1 aromatic heterocycles. The number of rotatable bonds is 4. The number of hydrogen-bond acceptors (Lipinski definition) is 4. The average Bonchev–Trinajstić information content (AvgIpc) is 2.87. The molecule has 4 nitrogen and oxygen atoms in total. The molecule has 20 heavy (non-hydrogen) atoms. The molecule has 1 unspecified atom stereocenters. The summed E-state index contributed by atoms with van der Waals surface area (Å²) in [7, 11) is 0. The van der Waals surface area contributed by atoms with Gasteiger partial charge in [0.25, 0.3) is 0 Å². The van der Waals surface area contributed by atoms with E-state index >= 15 is 0 Å². The van der Waals surface area contributed by atoms with Crippen LogP contribution in [-0.4, -0.2) is 16.7 Å². The molecule has 2 aromatic rings. The Balaban J connectivity index is 2.21. The third-order valence-electron chi connectivity index (χ3n) is 3.44. The highest BCUT2D eigenvalue weighted by Crippen LogP contribution is 2.25. The molecule has 1 atom stereocenters. The standard InChI is InChI=1S/C16H23N3O/c1-11-7-5-6-8-12(11)9-13(10-17)14-18-19-15(20-14)16(2,3)4/h5-8,13H,9-10,17H2,1-4H3. The maximum Gasteiger partial charge on any atom is 0.221 e. The van der Waals surface area contributed by atoms with Crippen molar-refractivity contribution in [2.75, 3.05) is 6.54 Å². The highest BCUT2D eigenvalue weighted by Gasteiger charge is 2.24. The predicted molar refractivity (Wildman–Crippen MR) is 79.7 cm³/mol. The summed E-state index contributed by atoms with van der Waals surface area (Å²) >= 11 is 0. The zero-order valence-corrected chi connectivity index (χ0v) is 12.7. The Morgan fingerprint density at radius 3 is 2.45 bits per heavy atom. The summed E-state index contributed by atoms with van der Waals surface area (Å²) in [6.45, 7) is 8.78. The second-order valence-corrected chi connectivity index (χ2v) is 6.26. The van der Waals surface area contributed by atoms with Crippen LogP contribution in [0.4, 0.5) is 0 Å². The lowest BCUT2D eigenvalue weighted by Crippen LogP contribution is -2.16. The Bertz CT molecular complexity index is 569. The molecule has 0 bridgehead atoms. The fourth-order valence-corrected chi connectivity index (χ4v) is 2.08. The normalized spacial score (nSPS) is 13.4. The van der Waals surface area contributed by atoms with E-state index in [1.807, 2.05) is 12.1 Å². The summed E-state index contributed by atoms with van der Waals surface area (Å²) in [6.07, 6.45) is 0.828. The first-order valence-corrected chi connectivity index (χ1v) is 7.00. The molecular weight excluding hydrogens is 250 g/mol. The first-order valence-electron chi connectivity index (χ1n) is 7.00. The van der Waals surface area contributed by atoms with E-state index < -0.39 is 0 Å². The lowest BCUT2D eigenvalue weighted by Gasteiger charge is -2.14. The Hall–Kier alpha value is -1.68. The van der Waals surface area contributed by atoms with E-state index in [0.717, 1.165) is 6.42 Å². The van der Waals surface area contributed by atoms with Crippen LogP contribution in [0.3, 0.4) is 0 Å². The van der Waals surface area contributed by atoms with Gasteiger partial charge < -0.3 is 10.2 Å². The monoisotopic (exact) mass is 273 g/mol. The van der Waals surface area contributed by atoms with Crippen LogP contribution in [0.5, 0.6) is 0 Å². The van der Waals surface area contributed by atoms with E-state index in [9.17, 15) is 0 Å². The SMILES string of the molecule is Cc1ccccc1CC(CN)c1nnc(C(C)(C)C)o1. The van der Waals surface area contributed by atoms with Gasteiger partial charge in [-0.1, -0.05) is 45.0 Å². The van der Waals surface area contributed by atoms with Gasteiger partial charge in [0.15, 0.2) is 0 Å². The molecule has 0 radical (unpaired) electrons. The zero-order valence-electron chi connectivity index (χ0n) is 12.7. The fourth-order valence-electron chi connectivity index (χ4n) is 2.08. The maximum atomic E-state index is 5.89. The molecule has 0 amide bonds. The van der Waals surface area contributed by atoms with Crippen molar-refractivity contribution < 1.29 is 4.42 Å². The van der Waals surface area contributed by atoms with Crippen molar-refractivity contribution in [1.29, 1.82) is 0 Å². The third-order valence-corrected chi connectivity index (χ3v) is 3.44. The fraction of sp³-hybridized carbons (Fsp3) is 0.500. The number of nitrogens with two attached hydrogens (primary N) is 1. The minimum Gasteiger partial charge on any atom is -0.424 e. The van der Waals surface area contributed by atoms with Gasteiger partial charge >= 0.3 is 0 Å². The van der Waals surface area contributed by atoms with Gasteiger partial charge in [0.05, 0.1) is 5.92 Å². The smallest absolute Gasteiger partial charge is 0.221 e. The van der Waals surface area contributed by atoms with Gasteiger partial charge in [-0.05, 0) is 24.5 Å². The lowest BCUT2D eigenvalue weighted by molar-refractivity contribution is 0.355. The molecule has 0 aliphatic heterocycles. The van der Waals surface area contributed by atoms with E-state index in [0.29, 0.717) is 18.3 Å². The predicted octanol–water partition coefficient (Wildman–Crippen LogP) is 2.96. The van der Waals surface area contributed by atoms with E-state index in [1.165, 1.54) is 11.1 Å². The second-order valence-electron chi connectivity index (χ2n) is 6.26. The highest BCUT2D eigenvalue weighted by atomic mass is 16.4. The Morgan fingerprint density at radius 1 is 1.20 bits per heavy atom. The van der Waals surface area contributed by atoms with Gasteiger partial charge in [-0.25, -0.2) is 0 Å². The van der Waals surface area contributed by atoms with E-state index in [-0.39, 0.29) is 11.3 Å². The first kappa shape index (κ1) is 14.7. The molecule has 0 aliphatic carbocycles. The highest BCUT2D eigenvalue weighted by molar-refractivity contribution is 5.27. The van der Waals surface area contributed by atoms with Crippen LogP contribution in [-0.2, 0) is 11.8 Å². The van der Waals surface area contributed by atoms with Crippen LogP contribution in [0.15, 0.2) is 28.7 Å². The van der Waals surface area contributed by atoms with Crippen LogP contribution in [0.2, 0.25) is 0 Å². The molecule has 2 N–H and O–H groups in total. The largest absolute Gasteiger partial charge is 0.424 e. The molecule has 4 heteroatoms. The second kappa shape index (κ2) is 5.75. The third kappa shape index (κ3) is 3.25. The minimum atomic E-state index is -0.132. The number of nitrogens with zero attached hydrogens (tertiary/aromatic N) is 2. The van der Waals surface area contributed by atoms with E-state index in [1.54, 1.807) is 0 Å². The molecule has 0 saturated carbocycles.